The van der Waals surface area contributed by atoms with Gasteiger partial charge in [-0.3, -0.25) is 4.79 Å². The van der Waals surface area contributed by atoms with Crippen LogP contribution in [0.15, 0.2) is 0 Å². The van der Waals surface area contributed by atoms with Crippen LogP contribution in [0.1, 0.15) is 65.7 Å². The third-order valence-corrected chi connectivity index (χ3v) is 6.19. The first-order chi connectivity index (χ1) is 9.03. The first-order valence-electron chi connectivity index (χ1n) is 8.32. The fourth-order valence-electron chi connectivity index (χ4n) is 6.17. The fraction of sp³-hybridized carbons (Fsp3) is 0.941. The van der Waals surface area contributed by atoms with E-state index >= 15 is 0 Å². The van der Waals surface area contributed by atoms with Crippen LogP contribution in [-0.4, -0.2) is 11.4 Å². The standard InChI is InChI=1S/C17H29NO/c1-4-5-11(2)16-14-6-13-7-15(16)10-17(8-13,9-14)18-12(3)19/h11,13-16H,4-10H2,1-3H3,(H,18,19)/t11-,13?,14?,15?,16?,17?/m1/s1. The molecule has 2 heteroatoms. The molecular formula is C17H29NO. The van der Waals surface area contributed by atoms with E-state index < -0.39 is 0 Å². The molecule has 0 aromatic heterocycles. The zero-order chi connectivity index (χ0) is 13.6. The van der Waals surface area contributed by atoms with E-state index in [4.69, 9.17) is 0 Å². The molecule has 19 heavy (non-hydrogen) atoms. The third-order valence-electron chi connectivity index (χ3n) is 6.19. The lowest BCUT2D eigenvalue weighted by Crippen LogP contribution is -2.62. The lowest BCUT2D eigenvalue weighted by atomic mass is 9.47. The van der Waals surface area contributed by atoms with E-state index in [-0.39, 0.29) is 11.4 Å². The Balaban J connectivity index is 1.77. The average molecular weight is 263 g/mol. The van der Waals surface area contributed by atoms with E-state index in [2.05, 4.69) is 19.2 Å². The molecule has 4 aliphatic rings. The molecule has 0 spiro atoms. The topological polar surface area (TPSA) is 29.1 Å². The van der Waals surface area contributed by atoms with Gasteiger partial charge in [-0.15, -0.1) is 0 Å². The van der Waals surface area contributed by atoms with E-state index in [9.17, 15) is 4.79 Å². The van der Waals surface area contributed by atoms with Crippen molar-refractivity contribution in [2.45, 2.75) is 71.3 Å². The summed E-state index contributed by atoms with van der Waals surface area (Å²) in [6, 6.07) is 0. The van der Waals surface area contributed by atoms with Crippen LogP contribution in [0.3, 0.4) is 0 Å². The Morgan fingerprint density at radius 3 is 2.42 bits per heavy atom. The monoisotopic (exact) mass is 263 g/mol. The van der Waals surface area contributed by atoms with Crippen LogP contribution >= 0.6 is 0 Å². The van der Waals surface area contributed by atoms with Crippen molar-refractivity contribution in [3.8, 4) is 0 Å². The van der Waals surface area contributed by atoms with Crippen molar-refractivity contribution in [2.24, 2.45) is 29.6 Å². The summed E-state index contributed by atoms with van der Waals surface area (Å²) in [5.41, 5.74) is 0.185. The maximum atomic E-state index is 11.5. The first-order valence-corrected chi connectivity index (χ1v) is 8.32. The summed E-state index contributed by atoms with van der Waals surface area (Å²) in [4.78, 5) is 11.5. The Kier molecular flexibility index (Phi) is 3.39. The number of hydrogen-bond acceptors (Lipinski definition) is 1. The molecule has 1 N–H and O–H groups in total. The van der Waals surface area contributed by atoms with Crippen LogP contribution in [0.4, 0.5) is 0 Å². The van der Waals surface area contributed by atoms with Crippen LogP contribution in [0, 0.1) is 29.6 Å². The van der Waals surface area contributed by atoms with Gasteiger partial charge in [0.15, 0.2) is 0 Å². The second-order valence-electron chi connectivity index (χ2n) is 7.77. The maximum absolute atomic E-state index is 11.5. The van der Waals surface area contributed by atoms with Crippen molar-refractivity contribution in [3.05, 3.63) is 0 Å². The summed E-state index contributed by atoms with van der Waals surface area (Å²) in [5, 5.41) is 3.34. The van der Waals surface area contributed by atoms with E-state index in [0.717, 1.165) is 29.6 Å². The van der Waals surface area contributed by atoms with E-state index in [1.54, 1.807) is 6.92 Å². The summed E-state index contributed by atoms with van der Waals surface area (Å²) >= 11 is 0. The van der Waals surface area contributed by atoms with Gasteiger partial charge >= 0.3 is 0 Å². The Hall–Kier alpha value is -0.530. The molecule has 0 aromatic carbocycles. The quantitative estimate of drug-likeness (QED) is 0.822. The molecule has 4 rings (SSSR count). The van der Waals surface area contributed by atoms with E-state index in [1.807, 2.05) is 0 Å². The van der Waals surface area contributed by atoms with Gasteiger partial charge in [-0.2, -0.15) is 0 Å². The van der Waals surface area contributed by atoms with Crippen molar-refractivity contribution in [1.82, 2.24) is 5.32 Å². The van der Waals surface area contributed by atoms with Gasteiger partial charge in [0, 0.05) is 12.5 Å². The van der Waals surface area contributed by atoms with Gasteiger partial charge in [0.25, 0.3) is 0 Å². The second-order valence-corrected chi connectivity index (χ2v) is 7.77. The zero-order valence-electron chi connectivity index (χ0n) is 12.7. The van der Waals surface area contributed by atoms with Crippen molar-refractivity contribution in [1.29, 1.82) is 0 Å². The molecule has 0 saturated heterocycles. The number of carbonyl (C=O) groups excluding carboxylic acids is 1. The van der Waals surface area contributed by atoms with Gasteiger partial charge < -0.3 is 5.32 Å². The minimum Gasteiger partial charge on any atom is -0.351 e. The molecule has 108 valence electrons. The number of rotatable bonds is 4. The van der Waals surface area contributed by atoms with Crippen molar-refractivity contribution in [3.63, 3.8) is 0 Å². The van der Waals surface area contributed by atoms with Crippen molar-refractivity contribution < 1.29 is 4.79 Å². The molecule has 4 fully saturated rings. The molecule has 4 aliphatic carbocycles. The van der Waals surface area contributed by atoms with Crippen LogP contribution < -0.4 is 5.32 Å². The number of carbonyl (C=O) groups is 1. The smallest absolute Gasteiger partial charge is 0.217 e. The Morgan fingerprint density at radius 1 is 1.26 bits per heavy atom. The largest absolute Gasteiger partial charge is 0.351 e. The van der Waals surface area contributed by atoms with Gasteiger partial charge in [0.2, 0.25) is 5.91 Å². The van der Waals surface area contributed by atoms with E-state index in [1.165, 1.54) is 44.9 Å². The zero-order valence-corrected chi connectivity index (χ0v) is 12.7. The number of hydrogen-bond donors (Lipinski definition) is 1. The minimum absolute atomic E-state index is 0.181. The van der Waals surface area contributed by atoms with E-state index in [0.29, 0.717) is 0 Å². The highest BCUT2D eigenvalue weighted by Crippen LogP contribution is 2.60. The van der Waals surface area contributed by atoms with Gasteiger partial charge in [-0.05, 0) is 61.7 Å². The molecule has 2 nitrogen and oxygen atoms in total. The average Bonchev–Trinajstić information content (AvgIpc) is 2.25. The van der Waals surface area contributed by atoms with Crippen molar-refractivity contribution >= 4 is 5.91 Å². The molecule has 0 heterocycles. The third kappa shape index (κ3) is 2.32. The highest BCUT2D eigenvalue weighted by molar-refractivity contribution is 5.74. The molecule has 4 saturated carbocycles. The van der Waals surface area contributed by atoms with Crippen LogP contribution in [0.25, 0.3) is 0 Å². The van der Waals surface area contributed by atoms with Gasteiger partial charge in [0.05, 0.1) is 0 Å². The molecule has 1 amide bonds. The molecule has 3 atom stereocenters. The molecule has 4 bridgehead atoms. The molecular weight excluding hydrogens is 234 g/mol. The van der Waals surface area contributed by atoms with Gasteiger partial charge in [-0.25, -0.2) is 0 Å². The maximum Gasteiger partial charge on any atom is 0.217 e. The fourth-order valence-corrected chi connectivity index (χ4v) is 6.17. The summed E-state index contributed by atoms with van der Waals surface area (Å²) in [5.74, 6) is 4.68. The highest BCUT2D eigenvalue weighted by atomic mass is 16.1. The Morgan fingerprint density at radius 2 is 1.89 bits per heavy atom. The van der Waals surface area contributed by atoms with Crippen molar-refractivity contribution in [2.75, 3.05) is 0 Å². The number of amides is 1. The molecule has 0 radical (unpaired) electrons. The van der Waals surface area contributed by atoms with Gasteiger partial charge in [-0.1, -0.05) is 26.7 Å². The molecule has 0 aliphatic heterocycles. The summed E-state index contributed by atoms with van der Waals surface area (Å²) in [6.45, 7) is 6.47. The van der Waals surface area contributed by atoms with Crippen LogP contribution in [-0.2, 0) is 4.79 Å². The minimum atomic E-state index is 0.181. The first kappa shape index (κ1) is 13.5. The summed E-state index contributed by atoms with van der Waals surface area (Å²) in [6.07, 6.45) is 9.37. The lowest BCUT2D eigenvalue weighted by molar-refractivity contribution is -0.129. The Bertz CT molecular complexity index is 348. The van der Waals surface area contributed by atoms with Crippen LogP contribution in [0.5, 0.6) is 0 Å². The highest BCUT2D eigenvalue weighted by Gasteiger charge is 2.56. The molecule has 0 aromatic rings. The number of nitrogens with one attached hydrogen (secondary N) is 1. The SMILES string of the molecule is CCC[C@@H](C)C1C2CC3CC1CC(NC(C)=O)(C3)C2. The van der Waals surface area contributed by atoms with Crippen LogP contribution in [0.2, 0.25) is 0 Å². The lowest BCUT2D eigenvalue weighted by Gasteiger charge is -2.61. The Labute approximate surface area is 117 Å². The predicted molar refractivity (Wildman–Crippen MR) is 77.7 cm³/mol. The molecule has 2 unspecified atom stereocenters. The summed E-state index contributed by atoms with van der Waals surface area (Å²) < 4.78 is 0. The normalized spacial score (nSPS) is 45.2. The predicted octanol–water partition coefficient (Wildman–Crippen LogP) is 3.75. The second kappa shape index (κ2) is 4.79. The summed E-state index contributed by atoms with van der Waals surface area (Å²) in [7, 11) is 0. The van der Waals surface area contributed by atoms with Gasteiger partial charge in [0.1, 0.15) is 0 Å².